The van der Waals surface area contributed by atoms with Crippen molar-refractivity contribution in [2.75, 3.05) is 18.9 Å². The third kappa shape index (κ3) is 2.81. The van der Waals surface area contributed by atoms with Crippen molar-refractivity contribution in [1.82, 2.24) is 0 Å². The number of ether oxygens (including phenoxy) is 2. The molecular formula is C16H14ClNO3. The van der Waals surface area contributed by atoms with Gasteiger partial charge in [0.15, 0.2) is 17.3 Å². The Morgan fingerprint density at radius 3 is 2.57 bits per heavy atom. The molecule has 108 valence electrons. The van der Waals surface area contributed by atoms with Gasteiger partial charge in [0.2, 0.25) is 0 Å². The minimum Gasteiger partial charge on any atom is -0.490 e. The summed E-state index contributed by atoms with van der Waals surface area (Å²) in [6, 6.07) is 10.00. The zero-order valence-corrected chi connectivity index (χ0v) is 12.0. The van der Waals surface area contributed by atoms with Gasteiger partial charge in [0.05, 0.1) is 13.2 Å². The fraction of sp³-hybridized carbons (Fsp3) is 0.188. The Bertz CT molecular complexity index is 700. The molecule has 0 saturated carbocycles. The lowest BCUT2D eigenvalue weighted by Crippen LogP contribution is -2.06. The Kier molecular flexibility index (Phi) is 3.71. The minimum absolute atomic E-state index is 0.167. The molecule has 0 atom stereocenters. The van der Waals surface area contributed by atoms with Gasteiger partial charge in [0.25, 0.3) is 0 Å². The van der Waals surface area contributed by atoms with Gasteiger partial charge in [0.1, 0.15) is 0 Å². The molecule has 4 nitrogen and oxygen atoms in total. The molecule has 1 heterocycles. The number of hydrogen-bond donors (Lipinski definition) is 1. The number of carbonyl (C=O) groups excluding carboxylic acids is 1. The molecule has 0 aromatic heterocycles. The molecule has 2 N–H and O–H groups in total. The number of hydrogen-bond acceptors (Lipinski definition) is 4. The van der Waals surface area contributed by atoms with Crippen LogP contribution < -0.4 is 15.2 Å². The van der Waals surface area contributed by atoms with Gasteiger partial charge in [-0.15, -0.1) is 0 Å². The van der Waals surface area contributed by atoms with Crippen LogP contribution in [0.4, 0.5) is 5.69 Å². The van der Waals surface area contributed by atoms with Crippen molar-refractivity contribution in [1.29, 1.82) is 0 Å². The molecule has 0 unspecified atom stereocenters. The molecule has 0 radical (unpaired) electrons. The third-order valence-corrected chi connectivity index (χ3v) is 3.50. The number of nitrogens with two attached hydrogens (primary N) is 1. The zero-order valence-electron chi connectivity index (χ0n) is 11.3. The lowest BCUT2D eigenvalue weighted by Gasteiger charge is -2.10. The molecule has 2 aromatic rings. The molecule has 0 saturated heterocycles. The van der Waals surface area contributed by atoms with Crippen LogP contribution in [0.2, 0.25) is 5.02 Å². The van der Waals surface area contributed by atoms with Gasteiger partial charge in [-0.05, 0) is 36.4 Å². The summed E-state index contributed by atoms with van der Waals surface area (Å²) >= 11 is 5.85. The highest BCUT2D eigenvalue weighted by Gasteiger charge is 2.17. The molecule has 1 aliphatic heterocycles. The van der Waals surface area contributed by atoms with Crippen LogP contribution in [0.5, 0.6) is 11.5 Å². The normalized spacial score (nSPS) is 13.6. The number of ketones is 1. The van der Waals surface area contributed by atoms with Gasteiger partial charge in [-0.2, -0.15) is 0 Å². The summed E-state index contributed by atoms with van der Waals surface area (Å²) in [5, 5.41) is 0.503. The van der Waals surface area contributed by atoms with Crippen molar-refractivity contribution in [3.63, 3.8) is 0 Å². The molecule has 1 aliphatic rings. The summed E-state index contributed by atoms with van der Waals surface area (Å²) in [4.78, 5) is 12.5. The van der Waals surface area contributed by atoms with E-state index in [1.807, 2.05) is 0 Å². The zero-order chi connectivity index (χ0) is 14.8. The lowest BCUT2D eigenvalue weighted by atomic mass is 10.0. The Morgan fingerprint density at radius 2 is 1.81 bits per heavy atom. The largest absolute Gasteiger partial charge is 0.490 e. The third-order valence-electron chi connectivity index (χ3n) is 3.27. The van der Waals surface area contributed by atoms with Gasteiger partial charge in [-0.25, -0.2) is 0 Å². The van der Waals surface area contributed by atoms with Gasteiger partial charge < -0.3 is 15.2 Å². The van der Waals surface area contributed by atoms with E-state index in [2.05, 4.69) is 0 Å². The number of benzene rings is 2. The predicted molar refractivity (Wildman–Crippen MR) is 81.3 cm³/mol. The van der Waals surface area contributed by atoms with E-state index in [1.165, 1.54) is 0 Å². The van der Waals surface area contributed by atoms with E-state index in [0.29, 0.717) is 46.5 Å². The van der Waals surface area contributed by atoms with E-state index in [1.54, 1.807) is 36.4 Å². The van der Waals surface area contributed by atoms with Crippen LogP contribution in [0.3, 0.4) is 0 Å². The highest BCUT2D eigenvalue weighted by molar-refractivity contribution is 6.31. The lowest BCUT2D eigenvalue weighted by molar-refractivity contribution is 0.103. The van der Waals surface area contributed by atoms with Crippen LogP contribution >= 0.6 is 11.6 Å². The second kappa shape index (κ2) is 5.66. The first-order valence-corrected chi connectivity index (χ1v) is 7.02. The molecule has 0 fully saturated rings. The van der Waals surface area contributed by atoms with Crippen molar-refractivity contribution in [3.8, 4) is 11.5 Å². The van der Waals surface area contributed by atoms with Crippen molar-refractivity contribution < 1.29 is 14.3 Å². The van der Waals surface area contributed by atoms with E-state index in [-0.39, 0.29) is 5.78 Å². The number of halogens is 1. The standard InChI is InChI=1S/C16H14ClNO3/c17-11-3-4-12(13(18)9-11)16(19)10-2-5-14-15(8-10)21-7-1-6-20-14/h2-5,8-9H,1,6-7,18H2. The fourth-order valence-electron chi connectivity index (χ4n) is 2.20. The topological polar surface area (TPSA) is 61.6 Å². The monoisotopic (exact) mass is 303 g/mol. The Labute approximate surface area is 127 Å². The van der Waals surface area contributed by atoms with Crippen LogP contribution in [-0.2, 0) is 0 Å². The first-order chi connectivity index (χ1) is 10.1. The molecule has 0 spiro atoms. The van der Waals surface area contributed by atoms with E-state index in [9.17, 15) is 4.79 Å². The van der Waals surface area contributed by atoms with Crippen molar-refractivity contribution in [2.45, 2.75) is 6.42 Å². The van der Waals surface area contributed by atoms with Crippen LogP contribution in [0.25, 0.3) is 0 Å². The first-order valence-electron chi connectivity index (χ1n) is 6.64. The second-order valence-electron chi connectivity index (χ2n) is 4.77. The van der Waals surface area contributed by atoms with Gasteiger partial charge >= 0.3 is 0 Å². The molecule has 21 heavy (non-hydrogen) atoms. The fourth-order valence-corrected chi connectivity index (χ4v) is 2.38. The predicted octanol–water partition coefficient (Wildman–Crippen LogP) is 3.31. The second-order valence-corrected chi connectivity index (χ2v) is 5.21. The highest BCUT2D eigenvalue weighted by atomic mass is 35.5. The summed E-state index contributed by atoms with van der Waals surface area (Å²) in [7, 11) is 0. The SMILES string of the molecule is Nc1cc(Cl)ccc1C(=O)c1ccc2c(c1)OCCCO2. The average Bonchev–Trinajstić information content (AvgIpc) is 2.71. The maximum Gasteiger partial charge on any atom is 0.195 e. The molecular weight excluding hydrogens is 290 g/mol. The van der Waals surface area contributed by atoms with E-state index in [4.69, 9.17) is 26.8 Å². The molecule has 0 amide bonds. The number of nitrogen functional groups attached to an aromatic ring is 1. The summed E-state index contributed by atoms with van der Waals surface area (Å²) in [5.41, 5.74) is 7.15. The molecule has 5 heteroatoms. The molecule has 0 aliphatic carbocycles. The number of anilines is 1. The number of rotatable bonds is 2. The van der Waals surface area contributed by atoms with Crippen molar-refractivity contribution >= 4 is 23.1 Å². The van der Waals surface area contributed by atoms with Crippen LogP contribution in [-0.4, -0.2) is 19.0 Å². The van der Waals surface area contributed by atoms with Gasteiger partial charge in [-0.1, -0.05) is 11.6 Å². The van der Waals surface area contributed by atoms with Gasteiger partial charge in [0, 0.05) is 28.3 Å². The van der Waals surface area contributed by atoms with E-state index >= 15 is 0 Å². The van der Waals surface area contributed by atoms with Crippen LogP contribution in [0, 0.1) is 0 Å². The summed E-state index contributed by atoms with van der Waals surface area (Å²) < 4.78 is 11.1. The maximum absolute atomic E-state index is 12.5. The quantitative estimate of drug-likeness (QED) is 0.683. The summed E-state index contributed by atoms with van der Waals surface area (Å²) in [6.07, 6.45) is 0.822. The van der Waals surface area contributed by atoms with Crippen molar-refractivity contribution in [2.24, 2.45) is 0 Å². The Balaban J connectivity index is 1.96. The van der Waals surface area contributed by atoms with E-state index in [0.717, 1.165) is 6.42 Å². The van der Waals surface area contributed by atoms with E-state index < -0.39 is 0 Å². The minimum atomic E-state index is -0.167. The molecule has 2 aromatic carbocycles. The average molecular weight is 304 g/mol. The number of carbonyl (C=O) groups is 1. The molecule has 0 bridgehead atoms. The highest BCUT2D eigenvalue weighted by Crippen LogP contribution is 2.31. The first kappa shape index (κ1) is 13.8. The van der Waals surface area contributed by atoms with Crippen LogP contribution in [0.1, 0.15) is 22.3 Å². The molecule has 3 rings (SSSR count). The maximum atomic E-state index is 12.5. The number of fused-ring (bicyclic) bond motifs is 1. The summed E-state index contributed by atoms with van der Waals surface area (Å²) in [5.74, 6) is 1.08. The summed E-state index contributed by atoms with van der Waals surface area (Å²) in [6.45, 7) is 1.19. The van der Waals surface area contributed by atoms with Gasteiger partial charge in [-0.3, -0.25) is 4.79 Å². The van der Waals surface area contributed by atoms with Crippen molar-refractivity contribution in [3.05, 3.63) is 52.5 Å². The van der Waals surface area contributed by atoms with Crippen LogP contribution in [0.15, 0.2) is 36.4 Å². The Morgan fingerprint density at radius 1 is 1.05 bits per heavy atom. The Hall–Kier alpha value is -2.20. The smallest absolute Gasteiger partial charge is 0.195 e.